The van der Waals surface area contributed by atoms with Crippen LogP contribution >= 0.6 is 11.3 Å². The van der Waals surface area contributed by atoms with Gasteiger partial charge in [0, 0.05) is 34.6 Å². The minimum absolute atomic E-state index is 0.153. The van der Waals surface area contributed by atoms with E-state index in [1.807, 2.05) is 58.0 Å². The molecule has 2 heterocycles. The quantitative estimate of drug-likeness (QED) is 0.246. The molecular formula is C33H33F3N4O2S. The van der Waals surface area contributed by atoms with Gasteiger partial charge < -0.3 is 15.5 Å². The van der Waals surface area contributed by atoms with Gasteiger partial charge in [-0.25, -0.2) is 9.78 Å². The summed E-state index contributed by atoms with van der Waals surface area (Å²) >= 11 is 1.55. The van der Waals surface area contributed by atoms with Gasteiger partial charge in [-0.1, -0.05) is 48.5 Å². The molecule has 2 N–H and O–H groups in total. The summed E-state index contributed by atoms with van der Waals surface area (Å²) in [6, 6.07) is 18.1. The molecule has 3 amide bonds. The smallest absolute Gasteiger partial charge is 0.346 e. The van der Waals surface area contributed by atoms with Crippen molar-refractivity contribution in [3.8, 4) is 21.7 Å². The maximum atomic E-state index is 13.6. The van der Waals surface area contributed by atoms with Crippen molar-refractivity contribution in [3.63, 3.8) is 0 Å². The Balaban J connectivity index is 1.46. The molecule has 0 saturated heterocycles. The van der Waals surface area contributed by atoms with Crippen LogP contribution in [0.15, 0.2) is 66.7 Å². The summed E-state index contributed by atoms with van der Waals surface area (Å²) in [5.74, 6) is -0.335. The Labute approximate surface area is 253 Å². The van der Waals surface area contributed by atoms with Crippen molar-refractivity contribution in [1.82, 2.24) is 20.5 Å². The summed E-state index contributed by atoms with van der Waals surface area (Å²) in [5.41, 5.74) is 3.38. The van der Waals surface area contributed by atoms with Gasteiger partial charge in [0.25, 0.3) is 5.91 Å². The molecule has 6 nitrogen and oxygen atoms in total. The molecule has 224 valence electrons. The number of benzene rings is 3. The first-order valence-corrected chi connectivity index (χ1v) is 14.8. The predicted octanol–water partition coefficient (Wildman–Crippen LogP) is 7.60. The van der Waals surface area contributed by atoms with Crippen LogP contribution in [-0.4, -0.2) is 33.9 Å². The van der Waals surface area contributed by atoms with Gasteiger partial charge >= 0.3 is 12.2 Å². The molecule has 1 aromatic heterocycles. The molecule has 0 atom stereocenters. The fourth-order valence-corrected chi connectivity index (χ4v) is 6.09. The van der Waals surface area contributed by atoms with Crippen molar-refractivity contribution >= 4 is 23.3 Å². The fraction of sp³-hybridized carbons (Fsp3) is 0.303. The lowest BCUT2D eigenvalue weighted by Crippen LogP contribution is -2.50. The van der Waals surface area contributed by atoms with Crippen LogP contribution in [0, 0.1) is 6.92 Å². The van der Waals surface area contributed by atoms with Crippen molar-refractivity contribution in [2.75, 3.05) is 6.54 Å². The number of rotatable bonds is 5. The Morgan fingerprint density at radius 2 is 1.67 bits per heavy atom. The number of aryl methyl sites for hydroxylation is 1. The van der Waals surface area contributed by atoms with Gasteiger partial charge in [0.05, 0.1) is 17.8 Å². The molecule has 0 fully saturated rings. The van der Waals surface area contributed by atoms with Gasteiger partial charge in [-0.3, -0.25) is 4.79 Å². The fourth-order valence-electron chi connectivity index (χ4n) is 5.15. The number of halogens is 3. The first-order valence-electron chi connectivity index (χ1n) is 14.0. The first-order chi connectivity index (χ1) is 20.3. The average molecular weight is 607 g/mol. The predicted molar refractivity (Wildman–Crippen MR) is 163 cm³/mol. The lowest BCUT2D eigenvalue weighted by molar-refractivity contribution is -0.137. The van der Waals surface area contributed by atoms with Crippen molar-refractivity contribution in [2.24, 2.45) is 0 Å². The zero-order chi connectivity index (χ0) is 30.9. The highest BCUT2D eigenvalue weighted by Gasteiger charge is 2.32. The number of hydrogen-bond acceptors (Lipinski definition) is 4. The maximum Gasteiger partial charge on any atom is 0.416 e. The van der Waals surface area contributed by atoms with Crippen LogP contribution in [0.1, 0.15) is 58.4 Å². The number of thiazole rings is 1. The third-order valence-corrected chi connectivity index (χ3v) is 8.32. The van der Waals surface area contributed by atoms with E-state index in [0.717, 1.165) is 38.8 Å². The average Bonchev–Trinajstić information content (AvgIpc) is 3.34. The number of amides is 3. The molecule has 1 aliphatic heterocycles. The Bertz CT molecular complexity index is 1660. The number of carbonyl (C=O) groups excluding carboxylic acids is 2. The monoisotopic (exact) mass is 606 g/mol. The minimum Gasteiger partial charge on any atom is -0.346 e. The number of carbonyl (C=O) groups is 2. The second-order valence-electron chi connectivity index (χ2n) is 11.6. The standard InChI is InChI=1S/C33H33F3N4O2S/c1-20-28(38-30(43-20)21-9-6-5-7-10-21)18-37-29(41)26-14-13-24(22-11-8-12-23(17-22)33(34,35)36)25-15-16-40(19-27(25)26)31(42)39-32(2,3)4/h5-14,17H,15-16,18-19H2,1-4H3,(H,37,41)(H,39,42). The molecule has 10 heteroatoms. The lowest BCUT2D eigenvalue weighted by atomic mass is 9.87. The molecule has 0 spiro atoms. The van der Waals surface area contributed by atoms with Gasteiger partial charge in [-0.05, 0) is 74.6 Å². The highest BCUT2D eigenvalue weighted by molar-refractivity contribution is 7.15. The van der Waals surface area contributed by atoms with Crippen LogP contribution < -0.4 is 10.6 Å². The molecule has 0 radical (unpaired) electrons. The van der Waals surface area contributed by atoms with Gasteiger partial charge in [-0.2, -0.15) is 13.2 Å². The van der Waals surface area contributed by atoms with Crippen LogP contribution in [0.3, 0.4) is 0 Å². The van der Waals surface area contributed by atoms with E-state index < -0.39 is 17.3 Å². The highest BCUT2D eigenvalue weighted by Crippen LogP contribution is 2.36. The van der Waals surface area contributed by atoms with Crippen LogP contribution in [0.4, 0.5) is 18.0 Å². The Hall–Kier alpha value is -4.18. The zero-order valence-corrected chi connectivity index (χ0v) is 25.2. The summed E-state index contributed by atoms with van der Waals surface area (Å²) < 4.78 is 40.5. The van der Waals surface area contributed by atoms with Gasteiger partial charge in [0.15, 0.2) is 0 Å². The summed E-state index contributed by atoms with van der Waals surface area (Å²) in [7, 11) is 0. The van der Waals surface area contributed by atoms with Gasteiger partial charge in [0.1, 0.15) is 5.01 Å². The second kappa shape index (κ2) is 11.8. The summed E-state index contributed by atoms with van der Waals surface area (Å²) in [6.45, 7) is 8.35. The molecule has 5 rings (SSSR count). The van der Waals surface area contributed by atoms with Crippen molar-refractivity contribution in [1.29, 1.82) is 0 Å². The molecule has 0 bridgehead atoms. The van der Waals surface area contributed by atoms with Crippen molar-refractivity contribution in [2.45, 2.75) is 58.9 Å². The second-order valence-corrected chi connectivity index (χ2v) is 12.8. The Morgan fingerprint density at radius 3 is 2.37 bits per heavy atom. The van der Waals surface area contributed by atoms with E-state index in [9.17, 15) is 22.8 Å². The zero-order valence-electron chi connectivity index (χ0n) is 24.4. The number of nitrogens with zero attached hydrogens (tertiary/aromatic N) is 2. The largest absolute Gasteiger partial charge is 0.416 e. The summed E-state index contributed by atoms with van der Waals surface area (Å²) in [4.78, 5) is 34.0. The minimum atomic E-state index is -4.48. The highest BCUT2D eigenvalue weighted by atomic mass is 32.1. The normalized spacial score (nSPS) is 13.4. The Morgan fingerprint density at radius 1 is 0.953 bits per heavy atom. The SMILES string of the molecule is Cc1sc(-c2ccccc2)nc1CNC(=O)c1ccc(-c2cccc(C(F)(F)F)c2)c2c1CN(C(=O)NC(C)(C)C)CC2. The number of fused-ring (bicyclic) bond motifs is 1. The van der Waals surface area contributed by atoms with Gasteiger partial charge in [0.2, 0.25) is 0 Å². The number of alkyl halides is 3. The molecule has 1 aliphatic rings. The van der Waals surface area contributed by atoms with E-state index in [4.69, 9.17) is 4.98 Å². The summed E-state index contributed by atoms with van der Waals surface area (Å²) in [6.07, 6.45) is -4.09. The molecular weight excluding hydrogens is 573 g/mol. The number of aromatic nitrogens is 1. The number of hydrogen-bond donors (Lipinski definition) is 2. The van der Waals surface area contributed by atoms with E-state index >= 15 is 0 Å². The number of nitrogens with one attached hydrogen (secondary N) is 2. The van der Waals surface area contributed by atoms with E-state index in [2.05, 4.69) is 10.6 Å². The van der Waals surface area contributed by atoms with Crippen LogP contribution in [-0.2, 0) is 25.7 Å². The molecule has 0 aliphatic carbocycles. The topological polar surface area (TPSA) is 74.3 Å². The summed E-state index contributed by atoms with van der Waals surface area (Å²) in [5, 5.41) is 6.81. The number of urea groups is 1. The third-order valence-electron chi connectivity index (χ3n) is 7.26. The van der Waals surface area contributed by atoms with Crippen molar-refractivity contribution < 1.29 is 22.8 Å². The van der Waals surface area contributed by atoms with E-state index in [-0.39, 0.29) is 25.0 Å². The van der Waals surface area contributed by atoms with Gasteiger partial charge in [-0.15, -0.1) is 11.3 Å². The molecule has 43 heavy (non-hydrogen) atoms. The van der Waals surface area contributed by atoms with E-state index in [0.29, 0.717) is 35.2 Å². The molecule has 3 aromatic carbocycles. The lowest BCUT2D eigenvalue weighted by Gasteiger charge is -2.34. The third kappa shape index (κ3) is 6.91. The van der Waals surface area contributed by atoms with E-state index in [1.165, 1.54) is 6.07 Å². The molecule has 4 aromatic rings. The van der Waals surface area contributed by atoms with E-state index in [1.54, 1.807) is 34.4 Å². The first kappa shape index (κ1) is 30.3. The Kier molecular flexibility index (Phi) is 8.34. The van der Waals surface area contributed by atoms with Crippen LogP contribution in [0.2, 0.25) is 0 Å². The maximum absolute atomic E-state index is 13.6. The van der Waals surface area contributed by atoms with Crippen molar-refractivity contribution in [3.05, 3.63) is 99.6 Å². The molecule has 0 saturated carbocycles. The van der Waals surface area contributed by atoms with Crippen LogP contribution in [0.5, 0.6) is 0 Å². The molecule has 0 unspecified atom stereocenters. The van der Waals surface area contributed by atoms with Crippen LogP contribution in [0.25, 0.3) is 21.7 Å².